The maximum Gasteiger partial charge on any atom is 0.253 e. The highest BCUT2D eigenvalue weighted by molar-refractivity contribution is 9.10. The van der Waals surface area contributed by atoms with Crippen LogP contribution in [0.15, 0.2) is 45.7 Å². The van der Waals surface area contributed by atoms with Crippen molar-refractivity contribution in [1.82, 2.24) is 4.57 Å². The van der Waals surface area contributed by atoms with Crippen LogP contribution in [0, 0.1) is 0 Å². The number of aromatic hydroxyl groups is 1. The highest BCUT2D eigenvalue weighted by Gasteiger charge is 2.11. The van der Waals surface area contributed by atoms with E-state index in [1.54, 1.807) is 0 Å². The summed E-state index contributed by atoms with van der Waals surface area (Å²) < 4.78 is 1.72. The number of nitrogens with zero attached hydrogens (tertiary/aromatic N) is 1. The molecule has 4 heteroatoms. The van der Waals surface area contributed by atoms with E-state index in [9.17, 15) is 9.90 Å². The van der Waals surface area contributed by atoms with Crippen LogP contribution in [0.4, 0.5) is 0 Å². The molecule has 2 aromatic rings. The molecule has 1 N–H and O–H groups in total. The van der Waals surface area contributed by atoms with Gasteiger partial charge >= 0.3 is 0 Å². The predicted molar refractivity (Wildman–Crippen MR) is 66.5 cm³/mol. The minimum absolute atomic E-state index is 0.0636. The molecule has 0 saturated carbocycles. The fraction of sp³-hybridized carbons (Fsp3) is 0.0833. The Hall–Kier alpha value is -1.55. The predicted octanol–water partition coefficient (Wildman–Crippen LogP) is 2.52. The van der Waals surface area contributed by atoms with Gasteiger partial charge in [-0.3, -0.25) is 9.36 Å². The molecule has 0 fully saturated rings. The maximum absolute atomic E-state index is 11.6. The second-order valence-electron chi connectivity index (χ2n) is 3.46. The third-order valence-corrected chi connectivity index (χ3v) is 3.22. The highest BCUT2D eigenvalue weighted by atomic mass is 79.9. The smallest absolute Gasteiger partial charge is 0.253 e. The summed E-state index contributed by atoms with van der Waals surface area (Å²) in [5, 5.41) is 9.75. The number of rotatable bonds is 1. The van der Waals surface area contributed by atoms with Gasteiger partial charge in [0.25, 0.3) is 5.56 Å². The molecule has 0 bridgehead atoms. The molecule has 0 aliphatic carbocycles. The van der Waals surface area contributed by atoms with Crippen molar-refractivity contribution in [3.05, 3.63) is 51.2 Å². The average Bonchev–Trinajstić information content (AvgIpc) is 2.32. The van der Waals surface area contributed by atoms with Crippen molar-refractivity contribution < 1.29 is 5.11 Å². The first-order valence-corrected chi connectivity index (χ1v) is 5.54. The van der Waals surface area contributed by atoms with Crippen molar-refractivity contribution in [3.8, 4) is 17.0 Å². The highest BCUT2D eigenvalue weighted by Crippen LogP contribution is 2.32. The SMILES string of the molecule is Cn1c(O)c(Br)c(-c2ccccc2)cc1=O. The molecule has 0 spiro atoms. The van der Waals surface area contributed by atoms with E-state index >= 15 is 0 Å². The number of halogens is 1. The Morgan fingerprint density at radius 2 is 1.88 bits per heavy atom. The van der Waals surface area contributed by atoms with E-state index in [0.717, 1.165) is 5.56 Å². The van der Waals surface area contributed by atoms with Crippen molar-refractivity contribution >= 4 is 15.9 Å². The lowest BCUT2D eigenvalue weighted by Gasteiger charge is -2.09. The van der Waals surface area contributed by atoms with Crippen molar-refractivity contribution in [3.63, 3.8) is 0 Å². The minimum atomic E-state index is -0.237. The molecule has 0 atom stereocenters. The van der Waals surface area contributed by atoms with Crippen LogP contribution >= 0.6 is 15.9 Å². The molecule has 3 nitrogen and oxygen atoms in total. The van der Waals surface area contributed by atoms with Gasteiger partial charge in [0.2, 0.25) is 5.88 Å². The van der Waals surface area contributed by atoms with Crippen LogP contribution < -0.4 is 5.56 Å². The summed E-state index contributed by atoms with van der Waals surface area (Å²) >= 11 is 3.29. The summed E-state index contributed by atoms with van der Waals surface area (Å²) in [6.07, 6.45) is 0. The molecule has 16 heavy (non-hydrogen) atoms. The minimum Gasteiger partial charge on any atom is -0.494 e. The standard InChI is InChI=1S/C12H10BrNO2/c1-14-10(15)7-9(11(13)12(14)16)8-5-3-2-4-6-8/h2-7,16H,1H3. The molecule has 0 radical (unpaired) electrons. The zero-order chi connectivity index (χ0) is 11.7. The summed E-state index contributed by atoms with van der Waals surface area (Å²) in [6, 6.07) is 10.9. The van der Waals surface area contributed by atoms with Gasteiger partial charge in [-0.15, -0.1) is 0 Å². The quantitative estimate of drug-likeness (QED) is 0.872. The van der Waals surface area contributed by atoms with Crippen LogP contribution in [0.1, 0.15) is 0 Å². The summed E-state index contributed by atoms with van der Waals surface area (Å²) in [5.74, 6) is -0.0636. The number of aromatic nitrogens is 1. The molecule has 1 aromatic carbocycles. The van der Waals surface area contributed by atoms with Gasteiger partial charge in [0.15, 0.2) is 0 Å². The average molecular weight is 280 g/mol. The molecule has 0 amide bonds. The van der Waals surface area contributed by atoms with Crippen LogP contribution in [0.2, 0.25) is 0 Å². The van der Waals surface area contributed by atoms with Gasteiger partial charge in [0.1, 0.15) is 0 Å². The molecule has 0 aliphatic heterocycles. The van der Waals surface area contributed by atoms with Gasteiger partial charge in [-0.2, -0.15) is 0 Å². The second-order valence-corrected chi connectivity index (χ2v) is 4.25. The summed E-state index contributed by atoms with van der Waals surface area (Å²) in [6.45, 7) is 0. The lowest BCUT2D eigenvalue weighted by atomic mass is 10.1. The molecule has 82 valence electrons. The molecule has 1 aromatic heterocycles. The Balaban J connectivity index is 2.73. The second kappa shape index (κ2) is 4.14. The number of hydrogen-bond donors (Lipinski definition) is 1. The van der Waals surface area contributed by atoms with E-state index in [1.807, 2.05) is 30.3 Å². The Morgan fingerprint density at radius 1 is 1.25 bits per heavy atom. The topological polar surface area (TPSA) is 42.2 Å². The van der Waals surface area contributed by atoms with Crippen molar-refractivity contribution in [2.75, 3.05) is 0 Å². The first-order valence-electron chi connectivity index (χ1n) is 4.75. The van der Waals surface area contributed by atoms with E-state index < -0.39 is 0 Å². The fourth-order valence-corrected chi connectivity index (χ4v) is 2.09. The third-order valence-electron chi connectivity index (χ3n) is 2.43. The van der Waals surface area contributed by atoms with Crippen LogP contribution in [0.25, 0.3) is 11.1 Å². The first-order chi connectivity index (χ1) is 7.61. The number of hydrogen-bond acceptors (Lipinski definition) is 2. The monoisotopic (exact) mass is 279 g/mol. The summed E-state index contributed by atoms with van der Waals surface area (Å²) in [7, 11) is 1.52. The molecular formula is C12H10BrNO2. The van der Waals surface area contributed by atoms with Crippen LogP contribution in [-0.2, 0) is 7.05 Å². The molecule has 2 rings (SSSR count). The first kappa shape index (κ1) is 11.0. The van der Waals surface area contributed by atoms with E-state index in [4.69, 9.17) is 0 Å². The van der Waals surface area contributed by atoms with Gasteiger partial charge in [0.05, 0.1) is 4.47 Å². The van der Waals surface area contributed by atoms with E-state index in [0.29, 0.717) is 10.0 Å². The summed E-state index contributed by atoms with van der Waals surface area (Å²) in [4.78, 5) is 11.6. The van der Waals surface area contributed by atoms with Crippen molar-refractivity contribution in [2.45, 2.75) is 0 Å². The van der Waals surface area contributed by atoms with Gasteiger partial charge in [-0.1, -0.05) is 30.3 Å². The lowest BCUT2D eigenvalue weighted by molar-refractivity contribution is 0.420. The number of benzene rings is 1. The molecule has 0 aliphatic rings. The fourth-order valence-electron chi connectivity index (χ4n) is 1.48. The van der Waals surface area contributed by atoms with Crippen LogP contribution in [0.5, 0.6) is 5.88 Å². The molecule has 0 unspecified atom stereocenters. The normalized spacial score (nSPS) is 10.4. The van der Waals surface area contributed by atoms with Crippen molar-refractivity contribution in [2.24, 2.45) is 7.05 Å². The van der Waals surface area contributed by atoms with Gasteiger partial charge in [0, 0.05) is 18.7 Å². The molecule has 0 saturated heterocycles. The van der Waals surface area contributed by atoms with E-state index in [-0.39, 0.29) is 11.4 Å². The number of pyridine rings is 1. The van der Waals surface area contributed by atoms with E-state index in [1.165, 1.54) is 17.7 Å². The lowest BCUT2D eigenvalue weighted by Crippen LogP contribution is -2.15. The Bertz CT molecular complexity index is 576. The zero-order valence-electron chi connectivity index (χ0n) is 8.64. The largest absolute Gasteiger partial charge is 0.494 e. The van der Waals surface area contributed by atoms with Gasteiger partial charge < -0.3 is 5.11 Å². The Kier molecular flexibility index (Phi) is 2.83. The zero-order valence-corrected chi connectivity index (χ0v) is 10.2. The molecule has 1 heterocycles. The summed E-state index contributed by atoms with van der Waals surface area (Å²) in [5.41, 5.74) is 1.35. The van der Waals surface area contributed by atoms with E-state index in [2.05, 4.69) is 15.9 Å². The maximum atomic E-state index is 11.6. The Morgan fingerprint density at radius 3 is 2.50 bits per heavy atom. The third kappa shape index (κ3) is 1.76. The molecular weight excluding hydrogens is 270 g/mol. The van der Waals surface area contributed by atoms with Crippen molar-refractivity contribution in [1.29, 1.82) is 0 Å². The Labute approximate surface area is 101 Å². The van der Waals surface area contributed by atoms with Crippen LogP contribution in [0.3, 0.4) is 0 Å². The van der Waals surface area contributed by atoms with Gasteiger partial charge in [-0.25, -0.2) is 0 Å². The van der Waals surface area contributed by atoms with Gasteiger partial charge in [-0.05, 0) is 21.5 Å². The van der Waals surface area contributed by atoms with Crippen LogP contribution in [-0.4, -0.2) is 9.67 Å².